The summed E-state index contributed by atoms with van der Waals surface area (Å²) in [5.41, 5.74) is -0.966. The van der Waals surface area contributed by atoms with E-state index in [1.165, 1.54) is 12.0 Å². The number of halogens is 2. The molecule has 47 heavy (non-hydrogen) atoms. The van der Waals surface area contributed by atoms with Gasteiger partial charge in [0, 0.05) is 23.8 Å². The molecule has 258 valence electrons. The molecule has 1 aromatic carbocycles. The summed E-state index contributed by atoms with van der Waals surface area (Å²) in [6.45, 7) is 10.9. The lowest BCUT2D eigenvalue weighted by Gasteiger charge is -2.37. The number of aromatic nitrogens is 1. The van der Waals surface area contributed by atoms with Gasteiger partial charge in [-0.15, -0.1) is 0 Å². The van der Waals surface area contributed by atoms with Crippen molar-refractivity contribution in [3.05, 3.63) is 29.3 Å². The first-order valence-corrected chi connectivity index (χ1v) is 16.9. The number of aldehydes is 1. The molecule has 1 saturated heterocycles. The zero-order chi connectivity index (χ0) is 34.3. The molecular formula is C36H49F2N3O6. The summed E-state index contributed by atoms with van der Waals surface area (Å²) >= 11 is 0. The molecule has 5 rings (SSSR count). The number of ether oxygens (including phenoxy) is 3. The Morgan fingerprint density at radius 2 is 1.87 bits per heavy atom. The van der Waals surface area contributed by atoms with Crippen LogP contribution in [-0.4, -0.2) is 65.6 Å². The molecule has 2 aromatic rings. The number of alkyl halides is 2. The number of amides is 2. The van der Waals surface area contributed by atoms with E-state index >= 15 is 8.78 Å². The Kier molecular flexibility index (Phi) is 9.77. The molecule has 0 unspecified atom stereocenters. The number of pyridine rings is 1. The van der Waals surface area contributed by atoms with Crippen LogP contribution in [0.1, 0.15) is 97.1 Å². The average Bonchev–Trinajstić information content (AvgIpc) is 3.54. The van der Waals surface area contributed by atoms with E-state index in [4.69, 9.17) is 14.2 Å². The van der Waals surface area contributed by atoms with Crippen LogP contribution in [0.5, 0.6) is 11.6 Å². The first-order valence-electron chi connectivity index (χ1n) is 16.9. The number of fused-ring (bicyclic) bond motifs is 5. The van der Waals surface area contributed by atoms with Crippen LogP contribution in [0.15, 0.2) is 18.2 Å². The monoisotopic (exact) mass is 657 g/mol. The Morgan fingerprint density at radius 1 is 1.15 bits per heavy atom. The van der Waals surface area contributed by atoms with Crippen molar-refractivity contribution in [1.82, 2.24) is 15.2 Å². The number of alkyl carbamates (subject to hydrolysis) is 1. The summed E-state index contributed by atoms with van der Waals surface area (Å²) in [6.07, 6.45) is 3.01. The molecule has 1 aliphatic carbocycles. The number of benzene rings is 1. The highest BCUT2D eigenvalue weighted by Gasteiger charge is 2.50. The van der Waals surface area contributed by atoms with Crippen molar-refractivity contribution in [3.8, 4) is 11.6 Å². The van der Waals surface area contributed by atoms with Gasteiger partial charge in [0.2, 0.25) is 11.8 Å². The predicted octanol–water partition coefficient (Wildman–Crippen LogP) is 7.10. The van der Waals surface area contributed by atoms with Gasteiger partial charge in [-0.05, 0) is 81.4 Å². The largest absolute Gasteiger partial charge is 0.497 e. The number of nitrogens with one attached hydrogen (secondary N) is 1. The van der Waals surface area contributed by atoms with Gasteiger partial charge in [-0.3, -0.25) is 4.79 Å². The molecule has 1 aromatic heterocycles. The normalized spacial score (nSPS) is 30.3. The second-order valence-corrected chi connectivity index (χ2v) is 14.8. The number of hydrogen-bond acceptors (Lipinski definition) is 7. The second kappa shape index (κ2) is 13.2. The summed E-state index contributed by atoms with van der Waals surface area (Å²) in [5, 5.41) is 3.41. The third-order valence-corrected chi connectivity index (χ3v) is 10.7. The Labute approximate surface area is 276 Å². The third kappa shape index (κ3) is 6.77. The van der Waals surface area contributed by atoms with Crippen molar-refractivity contribution in [3.63, 3.8) is 0 Å². The van der Waals surface area contributed by atoms with E-state index in [0.717, 1.165) is 12.8 Å². The summed E-state index contributed by atoms with van der Waals surface area (Å²) in [4.78, 5) is 46.3. The Morgan fingerprint density at radius 3 is 2.53 bits per heavy atom. The smallest absolute Gasteiger partial charge is 0.408 e. The highest BCUT2D eigenvalue weighted by Crippen LogP contribution is 2.46. The van der Waals surface area contributed by atoms with Gasteiger partial charge in [0.15, 0.2) is 0 Å². The Hall–Kier alpha value is -3.50. The number of nitrogens with zero attached hydrogens (tertiary/aromatic N) is 2. The van der Waals surface area contributed by atoms with Crippen LogP contribution >= 0.6 is 0 Å². The van der Waals surface area contributed by atoms with Gasteiger partial charge in [-0.2, -0.15) is 0 Å². The van der Waals surface area contributed by atoms with Crippen molar-refractivity contribution in [2.24, 2.45) is 17.3 Å². The minimum absolute atomic E-state index is 0.00610. The zero-order valence-electron chi connectivity index (χ0n) is 28.7. The first kappa shape index (κ1) is 34.8. The molecule has 6 atom stereocenters. The minimum Gasteiger partial charge on any atom is -0.497 e. The molecule has 0 spiro atoms. The fourth-order valence-electron chi connectivity index (χ4n) is 7.94. The topological polar surface area (TPSA) is 107 Å². The van der Waals surface area contributed by atoms with Crippen molar-refractivity contribution in [2.75, 3.05) is 13.7 Å². The van der Waals surface area contributed by atoms with Crippen molar-refractivity contribution in [2.45, 2.75) is 123 Å². The van der Waals surface area contributed by atoms with E-state index < -0.39 is 59.5 Å². The van der Waals surface area contributed by atoms with Gasteiger partial charge in [0.25, 0.3) is 5.92 Å². The number of rotatable bonds is 3. The zero-order valence-corrected chi connectivity index (χ0v) is 28.7. The van der Waals surface area contributed by atoms with E-state index in [2.05, 4.69) is 10.3 Å². The molecule has 2 amide bonds. The Bertz CT molecular complexity index is 1510. The van der Waals surface area contributed by atoms with Crippen LogP contribution in [0.2, 0.25) is 0 Å². The fourth-order valence-corrected chi connectivity index (χ4v) is 7.94. The SMILES string of the molecule is CC[C@@H]1[C@@H]2CN(C(=O)[C@H](C(C)(C)C)NC(=O)O[C@]3(C)CCC[C@H]3CCCCC(F)(F)c3c(nc4cc(OC)ccc4c3C)O2)[C@@H]1C=O. The maximum atomic E-state index is 16.4. The molecule has 2 bridgehead atoms. The van der Waals surface area contributed by atoms with Gasteiger partial charge in [0.05, 0.1) is 30.8 Å². The maximum absolute atomic E-state index is 16.4. The molecular weight excluding hydrogens is 608 g/mol. The highest BCUT2D eigenvalue weighted by atomic mass is 19.3. The van der Waals surface area contributed by atoms with Crippen molar-refractivity contribution in [1.29, 1.82) is 0 Å². The van der Waals surface area contributed by atoms with Crippen LogP contribution in [-0.2, 0) is 20.2 Å². The lowest BCUT2D eigenvalue weighted by Crippen LogP contribution is -2.57. The summed E-state index contributed by atoms with van der Waals surface area (Å²) < 4.78 is 50.7. The van der Waals surface area contributed by atoms with Crippen LogP contribution in [0.4, 0.5) is 13.6 Å². The summed E-state index contributed by atoms with van der Waals surface area (Å²) in [7, 11) is 1.52. The molecule has 11 heteroatoms. The molecule has 0 radical (unpaired) electrons. The van der Waals surface area contributed by atoms with Gasteiger partial charge in [-0.25, -0.2) is 18.6 Å². The molecule has 1 saturated carbocycles. The van der Waals surface area contributed by atoms with Gasteiger partial charge in [-0.1, -0.05) is 34.1 Å². The van der Waals surface area contributed by atoms with Gasteiger partial charge < -0.3 is 29.2 Å². The van der Waals surface area contributed by atoms with E-state index in [1.807, 2.05) is 34.6 Å². The number of carbonyl (C=O) groups excluding carboxylic acids is 3. The predicted molar refractivity (Wildman–Crippen MR) is 174 cm³/mol. The van der Waals surface area contributed by atoms with Crippen LogP contribution < -0.4 is 14.8 Å². The first-order chi connectivity index (χ1) is 22.1. The van der Waals surface area contributed by atoms with Crippen molar-refractivity contribution >= 4 is 29.2 Å². The molecule has 2 fully saturated rings. The molecule has 9 nitrogen and oxygen atoms in total. The van der Waals surface area contributed by atoms with E-state index in [9.17, 15) is 14.4 Å². The van der Waals surface area contributed by atoms with E-state index in [-0.39, 0.29) is 30.3 Å². The minimum atomic E-state index is -3.27. The molecule has 1 N–H and O–H groups in total. The summed E-state index contributed by atoms with van der Waals surface area (Å²) in [5.74, 6) is -3.88. The average molecular weight is 658 g/mol. The van der Waals surface area contributed by atoms with Crippen LogP contribution in [0.25, 0.3) is 10.9 Å². The lowest BCUT2D eigenvalue weighted by molar-refractivity contribution is -0.139. The molecule has 2 aliphatic heterocycles. The van der Waals surface area contributed by atoms with E-state index in [1.54, 1.807) is 25.1 Å². The van der Waals surface area contributed by atoms with Gasteiger partial charge in [0.1, 0.15) is 29.8 Å². The van der Waals surface area contributed by atoms with E-state index in [0.29, 0.717) is 54.2 Å². The second-order valence-electron chi connectivity index (χ2n) is 14.8. The van der Waals surface area contributed by atoms with Crippen LogP contribution in [0.3, 0.4) is 0 Å². The third-order valence-electron chi connectivity index (χ3n) is 10.7. The molecule has 3 aliphatic rings. The number of carbonyl (C=O) groups is 3. The number of aryl methyl sites for hydroxylation is 1. The maximum Gasteiger partial charge on any atom is 0.408 e. The number of methoxy groups -OCH3 is 1. The quantitative estimate of drug-likeness (QED) is 0.351. The van der Waals surface area contributed by atoms with Crippen LogP contribution in [0, 0.1) is 24.2 Å². The summed E-state index contributed by atoms with van der Waals surface area (Å²) in [6, 6.07) is 3.24. The Balaban J connectivity index is 1.63. The standard InChI is InChI=1S/C36H49F2N3O6/c1-8-24-27(20-42)41-19-28(24)46-31-29(21(2)25-15-14-23(45-7)18-26(25)39-31)36(37,38)17-10-9-12-22-13-11-16-35(22,6)47-33(44)40-30(32(41)43)34(3,4)5/h14-15,18,20,22,24,27-28,30H,8-13,16-17,19H2,1-7H3,(H,40,44)/t22-,24+,27-,28+,30-,35-/m1/s1. The highest BCUT2D eigenvalue weighted by molar-refractivity contribution is 5.89. The fraction of sp³-hybridized carbons (Fsp3) is 0.667. The van der Waals surface area contributed by atoms with Crippen molar-refractivity contribution < 1.29 is 37.4 Å². The number of hydrogen-bond donors (Lipinski definition) is 1. The lowest BCUT2D eigenvalue weighted by atomic mass is 9.85. The molecule has 3 heterocycles. The van der Waals surface area contributed by atoms with Gasteiger partial charge >= 0.3 is 6.09 Å².